The number of sulfonamides is 1. The van der Waals surface area contributed by atoms with Crippen molar-refractivity contribution in [1.82, 2.24) is 10.0 Å². The van der Waals surface area contributed by atoms with Crippen LogP contribution in [0.5, 0.6) is 0 Å². The third-order valence-electron chi connectivity index (χ3n) is 4.03. The van der Waals surface area contributed by atoms with E-state index in [0.29, 0.717) is 17.4 Å². The van der Waals surface area contributed by atoms with Gasteiger partial charge in [-0.2, -0.15) is 0 Å². The summed E-state index contributed by atoms with van der Waals surface area (Å²) in [6, 6.07) is 1.87. The zero-order valence-corrected chi connectivity index (χ0v) is 13.8. The molecule has 6 heteroatoms. The van der Waals surface area contributed by atoms with Gasteiger partial charge in [-0.25, -0.2) is 13.1 Å². The van der Waals surface area contributed by atoms with Gasteiger partial charge in [-0.05, 0) is 31.9 Å². The minimum Gasteiger partial charge on any atom is -0.315 e. The van der Waals surface area contributed by atoms with Crippen LogP contribution in [0.1, 0.15) is 43.9 Å². The largest absolute Gasteiger partial charge is 0.315 e. The van der Waals surface area contributed by atoms with E-state index in [2.05, 4.69) is 17.0 Å². The molecule has 1 aliphatic rings. The fraction of sp³-hybridized carbons (Fsp3) is 0.714. The van der Waals surface area contributed by atoms with Gasteiger partial charge in [0.25, 0.3) is 0 Å². The lowest BCUT2D eigenvalue weighted by Crippen LogP contribution is -2.41. The van der Waals surface area contributed by atoms with Gasteiger partial charge in [-0.1, -0.05) is 26.2 Å². The molecule has 0 saturated heterocycles. The van der Waals surface area contributed by atoms with Gasteiger partial charge in [0.1, 0.15) is 0 Å². The van der Waals surface area contributed by atoms with E-state index in [1.54, 1.807) is 11.4 Å². The Balaban J connectivity index is 2.09. The molecule has 2 rings (SSSR count). The standard InChI is InChI=1S/C14H24N2O2S2/c1-3-11-6-4-5-7-14(11)16-20(17,18)13-8-12(9-15-2)19-10-13/h8,10-11,14-16H,3-7,9H2,1-2H3. The fourth-order valence-corrected chi connectivity index (χ4v) is 5.51. The first-order valence-electron chi connectivity index (χ1n) is 7.31. The van der Waals surface area contributed by atoms with E-state index in [1.807, 2.05) is 7.05 Å². The van der Waals surface area contributed by atoms with Gasteiger partial charge in [0.05, 0.1) is 4.90 Å². The van der Waals surface area contributed by atoms with Gasteiger partial charge < -0.3 is 5.32 Å². The maximum Gasteiger partial charge on any atom is 0.241 e. The van der Waals surface area contributed by atoms with Gasteiger partial charge in [0.2, 0.25) is 10.0 Å². The van der Waals surface area contributed by atoms with Gasteiger partial charge in [0.15, 0.2) is 0 Å². The fourth-order valence-electron chi connectivity index (χ4n) is 2.89. The Hall–Kier alpha value is -0.430. The summed E-state index contributed by atoms with van der Waals surface area (Å²) in [6.45, 7) is 2.86. The molecule has 2 N–H and O–H groups in total. The molecule has 0 bridgehead atoms. The van der Waals surface area contributed by atoms with Crippen LogP contribution in [0.25, 0.3) is 0 Å². The van der Waals surface area contributed by atoms with E-state index in [0.717, 1.165) is 30.6 Å². The van der Waals surface area contributed by atoms with E-state index in [9.17, 15) is 8.42 Å². The average molecular weight is 316 g/mol. The van der Waals surface area contributed by atoms with Gasteiger partial charge >= 0.3 is 0 Å². The lowest BCUT2D eigenvalue weighted by Gasteiger charge is -2.31. The molecule has 20 heavy (non-hydrogen) atoms. The highest BCUT2D eigenvalue weighted by Crippen LogP contribution is 2.28. The first kappa shape index (κ1) is 15.9. The summed E-state index contributed by atoms with van der Waals surface area (Å²) in [5.41, 5.74) is 0. The Morgan fingerprint density at radius 3 is 2.80 bits per heavy atom. The van der Waals surface area contributed by atoms with Crippen LogP contribution in [0.4, 0.5) is 0 Å². The highest BCUT2D eigenvalue weighted by molar-refractivity contribution is 7.89. The SMILES string of the molecule is CCC1CCCCC1NS(=O)(=O)c1csc(CNC)c1. The third kappa shape index (κ3) is 3.81. The van der Waals surface area contributed by atoms with Crippen LogP contribution in [0.2, 0.25) is 0 Å². The second kappa shape index (κ2) is 7.02. The normalized spacial score (nSPS) is 23.9. The highest BCUT2D eigenvalue weighted by Gasteiger charge is 2.28. The number of thiophene rings is 1. The predicted octanol–water partition coefficient (Wildman–Crippen LogP) is 2.71. The van der Waals surface area contributed by atoms with E-state index >= 15 is 0 Å². The van der Waals surface area contributed by atoms with Crippen molar-refractivity contribution in [3.05, 3.63) is 16.3 Å². The summed E-state index contributed by atoms with van der Waals surface area (Å²) in [5, 5.41) is 4.78. The van der Waals surface area contributed by atoms with E-state index in [4.69, 9.17) is 0 Å². The summed E-state index contributed by atoms with van der Waals surface area (Å²) in [6.07, 6.45) is 5.49. The molecule has 0 spiro atoms. The van der Waals surface area contributed by atoms with E-state index in [-0.39, 0.29) is 6.04 Å². The summed E-state index contributed by atoms with van der Waals surface area (Å²) in [7, 11) is -1.51. The Morgan fingerprint density at radius 2 is 2.10 bits per heavy atom. The number of hydrogen-bond acceptors (Lipinski definition) is 4. The van der Waals surface area contributed by atoms with Crippen LogP contribution < -0.4 is 10.0 Å². The predicted molar refractivity (Wildman–Crippen MR) is 83.4 cm³/mol. The van der Waals surface area contributed by atoms with Crippen LogP contribution >= 0.6 is 11.3 Å². The molecule has 2 atom stereocenters. The van der Waals surface area contributed by atoms with Crippen LogP contribution in [0, 0.1) is 5.92 Å². The molecule has 1 fully saturated rings. The molecule has 4 nitrogen and oxygen atoms in total. The minimum absolute atomic E-state index is 0.103. The molecule has 0 aromatic carbocycles. The highest BCUT2D eigenvalue weighted by atomic mass is 32.2. The molecule has 1 aromatic rings. The molecular formula is C14H24N2O2S2. The molecule has 1 aliphatic carbocycles. The molecule has 1 aromatic heterocycles. The molecule has 2 unspecified atom stereocenters. The van der Waals surface area contributed by atoms with Crippen molar-refractivity contribution in [3.8, 4) is 0 Å². The van der Waals surface area contributed by atoms with Crippen molar-refractivity contribution in [1.29, 1.82) is 0 Å². The molecular weight excluding hydrogens is 292 g/mol. The van der Waals surface area contributed by atoms with Gasteiger partial charge in [-0.3, -0.25) is 0 Å². The molecule has 114 valence electrons. The van der Waals surface area contributed by atoms with Crippen molar-refractivity contribution >= 4 is 21.4 Å². The zero-order valence-electron chi connectivity index (χ0n) is 12.2. The lowest BCUT2D eigenvalue weighted by molar-refractivity contribution is 0.282. The van der Waals surface area contributed by atoms with Crippen molar-refractivity contribution in [2.45, 2.75) is 56.5 Å². The third-order valence-corrected chi connectivity index (χ3v) is 6.59. The second-order valence-corrected chi connectivity index (χ2v) is 8.17. The number of nitrogens with one attached hydrogen (secondary N) is 2. The zero-order chi connectivity index (χ0) is 14.6. The van der Waals surface area contributed by atoms with Crippen LogP contribution in [0.15, 0.2) is 16.3 Å². The maximum absolute atomic E-state index is 12.5. The van der Waals surface area contributed by atoms with Crippen LogP contribution in [-0.2, 0) is 16.6 Å². The number of hydrogen-bond donors (Lipinski definition) is 2. The smallest absolute Gasteiger partial charge is 0.241 e. The maximum atomic E-state index is 12.5. The van der Waals surface area contributed by atoms with Crippen molar-refractivity contribution in [2.24, 2.45) is 5.92 Å². The van der Waals surface area contributed by atoms with Crippen molar-refractivity contribution in [2.75, 3.05) is 7.05 Å². The van der Waals surface area contributed by atoms with E-state index in [1.165, 1.54) is 17.8 Å². The van der Waals surface area contributed by atoms with Gasteiger partial charge in [-0.15, -0.1) is 11.3 Å². The molecule has 0 radical (unpaired) electrons. The second-order valence-electron chi connectivity index (χ2n) is 5.46. The summed E-state index contributed by atoms with van der Waals surface area (Å²) in [5.74, 6) is 0.480. The van der Waals surface area contributed by atoms with Crippen molar-refractivity contribution in [3.63, 3.8) is 0 Å². The minimum atomic E-state index is -3.37. The monoisotopic (exact) mass is 316 g/mol. The first-order chi connectivity index (χ1) is 9.56. The number of rotatable bonds is 6. The summed E-state index contributed by atoms with van der Waals surface area (Å²) >= 11 is 1.49. The first-order valence-corrected chi connectivity index (χ1v) is 9.67. The molecule has 1 heterocycles. The molecule has 1 saturated carbocycles. The lowest BCUT2D eigenvalue weighted by atomic mass is 9.83. The summed E-state index contributed by atoms with van der Waals surface area (Å²) < 4.78 is 27.8. The topological polar surface area (TPSA) is 58.2 Å². The Labute approximate surface area is 126 Å². The van der Waals surface area contributed by atoms with Crippen LogP contribution in [-0.4, -0.2) is 21.5 Å². The van der Waals surface area contributed by atoms with Crippen molar-refractivity contribution < 1.29 is 8.42 Å². The molecule has 0 amide bonds. The Kier molecular flexibility index (Phi) is 5.60. The average Bonchev–Trinajstić information content (AvgIpc) is 2.89. The Bertz CT molecular complexity index is 525. The molecule has 0 aliphatic heterocycles. The van der Waals surface area contributed by atoms with Gasteiger partial charge in [0, 0.05) is 22.8 Å². The quantitative estimate of drug-likeness (QED) is 0.848. The van der Waals surface area contributed by atoms with Crippen LogP contribution in [0.3, 0.4) is 0 Å². The Morgan fingerprint density at radius 1 is 1.35 bits per heavy atom. The summed E-state index contributed by atoms with van der Waals surface area (Å²) in [4.78, 5) is 1.46. The van der Waals surface area contributed by atoms with E-state index < -0.39 is 10.0 Å².